The van der Waals surface area contributed by atoms with E-state index in [1.165, 1.54) is 4.31 Å². The lowest BCUT2D eigenvalue weighted by Crippen LogP contribution is -2.40. The van der Waals surface area contributed by atoms with Crippen molar-refractivity contribution in [1.82, 2.24) is 4.31 Å². The average Bonchev–Trinajstić information content (AvgIpc) is 3.19. The Bertz CT molecular complexity index is 1150. The summed E-state index contributed by atoms with van der Waals surface area (Å²) in [6.07, 6.45) is 0. The molecule has 0 saturated carbocycles. The van der Waals surface area contributed by atoms with Crippen LogP contribution in [-0.4, -0.2) is 45.6 Å². The Kier molecular flexibility index (Phi) is 7.15. The smallest absolute Gasteiger partial charge is 0.243 e. The molecular weight excluding hydrogens is 446 g/mol. The fourth-order valence-electron chi connectivity index (χ4n) is 3.50. The first kappa shape index (κ1) is 22.8. The van der Waals surface area contributed by atoms with E-state index in [1.807, 2.05) is 43.3 Å². The summed E-state index contributed by atoms with van der Waals surface area (Å²) in [7, 11) is -3.48. The molecule has 0 spiro atoms. The maximum atomic E-state index is 12.8. The SMILES string of the molecule is CCOc1cccc(OCc2sc(-c3ccc(S(=O)(=O)N4CCOCC4)cc3)cc2C)c1. The molecule has 0 unspecified atom stereocenters. The molecular formula is C24H27NO5S2. The molecule has 1 aliphatic heterocycles. The number of thiophene rings is 1. The van der Waals surface area contributed by atoms with Gasteiger partial charge in [0.2, 0.25) is 10.0 Å². The van der Waals surface area contributed by atoms with Crippen LogP contribution in [0.15, 0.2) is 59.5 Å². The summed E-state index contributed by atoms with van der Waals surface area (Å²) >= 11 is 1.66. The van der Waals surface area contributed by atoms with Gasteiger partial charge in [-0.3, -0.25) is 0 Å². The van der Waals surface area contributed by atoms with Gasteiger partial charge in [0, 0.05) is 28.9 Å². The zero-order valence-corrected chi connectivity index (χ0v) is 19.9. The maximum absolute atomic E-state index is 12.8. The number of sulfonamides is 1. The minimum absolute atomic E-state index is 0.314. The molecule has 4 rings (SSSR count). The van der Waals surface area contributed by atoms with Crippen LogP contribution >= 0.6 is 11.3 Å². The van der Waals surface area contributed by atoms with Crippen molar-refractivity contribution in [3.63, 3.8) is 0 Å². The van der Waals surface area contributed by atoms with Crippen molar-refractivity contribution < 1.29 is 22.6 Å². The molecule has 170 valence electrons. The van der Waals surface area contributed by atoms with Gasteiger partial charge in [0.25, 0.3) is 0 Å². The van der Waals surface area contributed by atoms with E-state index < -0.39 is 10.0 Å². The summed E-state index contributed by atoms with van der Waals surface area (Å²) < 4.78 is 43.9. The van der Waals surface area contributed by atoms with E-state index in [2.05, 4.69) is 13.0 Å². The zero-order chi connectivity index (χ0) is 22.6. The van der Waals surface area contributed by atoms with E-state index in [0.717, 1.165) is 32.4 Å². The highest BCUT2D eigenvalue weighted by Crippen LogP contribution is 2.33. The molecule has 0 atom stereocenters. The van der Waals surface area contributed by atoms with Gasteiger partial charge in [-0.05, 0) is 55.3 Å². The van der Waals surface area contributed by atoms with Crippen molar-refractivity contribution >= 4 is 21.4 Å². The molecule has 32 heavy (non-hydrogen) atoms. The van der Waals surface area contributed by atoms with Crippen molar-refractivity contribution in [1.29, 1.82) is 0 Å². The van der Waals surface area contributed by atoms with E-state index in [1.54, 1.807) is 23.5 Å². The molecule has 8 heteroatoms. The highest BCUT2D eigenvalue weighted by molar-refractivity contribution is 7.89. The van der Waals surface area contributed by atoms with Crippen LogP contribution in [0.25, 0.3) is 10.4 Å². The number of benzene rings is 2. The Hall–Kier alpha value is -2.39. The molecule has 1 aromatic heterocycles. The Morgan fingerprint density at radius 1 is 1.00 bits per heavy atom. The van der Waals surface area contributed by atoms with Gasteiger partial charge in [0.1, 0.15) is 18.1 Å². The summed E-state index contributed by atoms with van der Waals surface area (Å²) in [6.45, 7) is 6.76. The van der Waals surface area contributed by atoms with Crippen molar-refractivity contribution in [3.8, 4) is 21.9 Å². The number of nitrogens with zero attached hydrogens (tertiary/aromatic N) is 1. The molecule has 3 aromatic rings. The molecule has 2 aromatic carbocycles. The minimum Gasteiger partial charge on any atom is -0.494 e. The summed E-state index contributed by atoms with van der Waals surface area (Å²) in [6, 6.07) is 16.9. The third-order valence-corrected chi connectivity index (χ3v) is 8.43. The van der Waals surface area contributed by atoms with E-state index in [9.17, 15) is 8.42 Å². The number of hydrogen-bond acceptors (Lipinski definition) is 6. The Labute approximate surface area is 193 Å². The monoisotopic (exact) mass is 473 g/mol. The van der Waals surface area contributed by atoms with Crippen LogP contribution in [0.1, 0.15) is 17.4 Å². The van der Waals surface area contributed by atoms with E-state index in [4.69, 9.17) is 14.2 Å². The Morgan fingerprint density at radius 2 is 1.69 bits per heavy atom. The molecule has 1 saturated heterocycles. The predicted molar refractivity (Wildman–Crippen MR) is 126 cm³/mol. The van der Waals surface area contributed by atoms with Crippen molar-refractivity contribution in [2.24, 2.45) is 0 Å². The first-order chi connectivity index (χ1) is 15.5. The van der Waals surface area contributed by atoms with Crippen LogP contribution in [0.5, 0.6) is 11.5 Å². The number of morpholine rings is 1. The standard InChI is InChI=1S/C24H27NO5S2/c1-3-29-20-5-4-6-21(16-20)30-17-24-18(2)15-23(31-24)19-7-9-22(10-8-19)32(26,27)25-11-13-28-14-12-25/h4-10,15-16H,3,11-14,17H2,1-2H3. The average molecular weight is 474 g/mol. The lowest BCUT2D eigenvalue weighted by molar-refractivity contribution is 0.0730. The third-order valence-electron chi connectivity index (χ3n) is 5.25. The van der Waals surface area contributed by atoms with Crippen LogP contribution in [0.4, 0.5) is 0 Å². The minimum atomic E-state index is -3.48. The van der Waals surface area contributed by atoms with Gasteiger partial charge in [0.15, 0.2) is 0 Å². The van der Waals surface area contributed by atoms with Crippen LogP contribution in [0.3, 0.4) is 0 Å². The lowest BCUT2D eigenvalue weighted by Gasteiger charge is -2.26. The van der Waals surface area contributed by atoms with Gasteiger partial charge in [-0.1, -0.05) is 18.2 Å². The summed E-state index contributed by atoms with van der Waals surface area (Å²) in [5, 5.41) is 0. The predicted octanol–water partition coefficient (Wildman–Crippen LogP) is 4.72. The molecule has 0 bridgehead atoms. The molecule has 2 heterocycles. The van der Waals surface area contributed by atoms with Crippen molar-refractivity contribution in [3.05, 3.63) is 65.0 Å². The summed E-state index contributed by atoms with van der Waals surface area (Å²) in [5.74, 6) is 1.56. The first-order valence-electron chi connectivity index (χ1n) is 10.6. The second-order valence-corrected chi connectivity index (χ2v) is 10.5. The van der Waals surface area contributed by atoms with Crippen LogP contribution in [0, 0.1) is 6.92 Å². The molecule has 6 nitrogen and oxygen atoms in total. The fourth-order valence-corrected chi connectivity index (χ4v) is 6.00. The molecule has 1 aliphatic rings. The second-order valence-electron chi connectivity index (χ2n) is 7.45. The Morgan fingerprint density at radius 3 is 2.38 bits per heavy atom. The highest BCUT2D eigenvalue weighted by Gasteiger charge is 2.26. The van der Waals surface area contributed by atoms with Gasteiger partial charge in [0.05, 0.1) is 24.7 Å². The van der Waals surface area contributed by atoms with Crippen LogP contribution in [-0.2, 0) is 21.4 Å². The molecule has 0 radical (unpaired) electrons. The van der Waals surface area contributed by atoms with Crippen molar-refractivity contribution in [2.45, 2.75) is 25.3 Å². The van der Waals surface area contributed by atoms with Gasteiger partial charge in [-0.2, -0.15) is 4.31 Å². The number of rotatable bonds is 8. The van der Waals surface area contributed by atoms with Gasteiger partial charge in [-0.25, -0.2) is 8.42 Å². The third kappa shape index (κ3) is 5.15. The quantitative estimate of drug-likeness (QED) is 0.474. The molecule has 1 fully saturated rings. The second kappa shape index (κ2) is 10.0. The first-order valence-corrected chi connectivity index (χ1v) is 12.9. The molecule has 0 aliphatic carbocycles. The van der Waals surface area contributed by atoms with Gasteiger partial charge < -0.3 is 14.2 Å². The van der Waals surface area contributed by atoms with E-state index in [0.29, 0.717) is 44.4 Å². The lowest BCUT2D eigenvalue weighted by atomic mass is 10.1. The van der Waals surface area contributed by atoms with Crippen LogP contribution < -0.4 is 9.47 Å². The molecule has 0 N–H and O–H groups in total. The zero-order valence-electron chi connectivity index (χ0n) is 18.2. The summed E-state index contributed by atoms with van der Waals surface area (Å²) in [5.41, 5.74) is 2.14. The highest BCUT2D eigenvalue weighted by atomic mass is 32.2. The van der Waals surface area contributed by atoms with Gasteiger partial charge >= 0.3 is 0 Å². The fraction of sp³-hybridized carbons (Fsp3) is 0.333. The molecule has 0 amide bonds. The van der Waals surface area contributed by atoms with Crippen molar-refractivity contribution in [2.75, 3.05) is 32.9 Å². The summed E-state index contributed by atoms with van der Waals surface area (Å²) in [4.78, 5) is 2.53. The van der Waals surface area contributed by atoms with E-state index >= 15 is 0 Å². The number of ether oxygens (including phenoxy) is 3. The van der Waals surface area contributed by atoms with Gasteiger partial charge in [-0.15, -0.1) is 11.3 Å². The largest absolute Gasteiger partial charge is 0.494 e. The number of aryl methyl sites for hydroxylation is 1. The normalized spacial score (nSPS) is 14.9. The topological polar surface area (TPSA) is 65.1 Å². The number of hydrogen-bond donors (Lipinski definition) is 0. The van der Waals surface area contributed by atoms with E-state index in [-0.39, 0.29) is 0 Å². The Balaban J connectivity index is 1.46. The van der Waals surface area contributed by atoms with Crippen LogP contribution in [0.2, 0.25) is 0 Å². The maximum Gasteiger partial charge on any atom is 0.243 e.